The van der Waals surface area contributed by atoms with Crippen molar-refractivity contribution in [3.8, 4) is 0 Å². The van der Waals surface area contributed by atoms with Crippen LogP contribution in [0.5, 0.6) is 0 Å². The molecule has 0 aliphatic carbocycles. The fraction of sp³-hybridized carbons (Fsp3) is 0.800. The Morgan fingerprint density at radius 3 is 2.67 bits per heavy atom. The van der Waals surface area contributed by atoms with Gasteiger partial charge in [-0.05, 0) is 27.2 Å². The topological polar surface area (TPSA) is 23.5 Å². The van der Waals surface area contributed by atoms with E-state index in [0.717, 1.165) is 19.5 Å². The van der Waals surface area contributed by atoms with Crippen LogP contribution in [0.25, 0.3) is 0 Å². The van der Waals surface area contributed by atoms with Crippen molar-refractivity contribution in [3.63, 3.8) is 0 Å². The quantitative estimate of drug-likeness (QED) is 0.632. The minimum absolute atomic E-state index is 0.106. The summed E-state index contributed by atoms with van der Waals surface area (Å²) in [4.78, 5) is 2.32. The Morgan fingerprint density at radius 2 is 2.25 bits per heavy atom. The number of hydrogen-bond donors (Lipinski definition) is 1. The van der Waals surface area contributed by atoms with Crippen molar-refractivity contribution in [2.75, 3.05) is 13.1 Å². The highest BCUT2D eigenvalue weighted by molar-refractivity contribution is 4.97. The summed E-state index contributed by atoms with van der Waals surface area (Å²) in [5, 5.41) is 9.37. The van der Waals surface area contributed by atoms with Crippen molar-refractivity contribution < 1.29 is 5.11 Å². The first-order valence-corrected chi connectivity index (χ1v) is 4.65. The Morgan fingerprint density at radius 1 is 1.58 bits per heavy atom. The molecule has 1 fully saturated rings. The van der Waals surface area contributed by atoms with Crippen LogP contribution in [0, 0.1) is 0 Å². The number of aliphatic hydroxyl groups is 1. The SMILES string of the molecule is CC(C)=CCN1CC(O)CC1C. The smallest absolute Gasteiger partial charge is 0.0682 e. The van der Waals surface area contributed by atoms with Gasteiger partial charge in [0.1, 0.15) is 0 Å². The van der Waals surface area contributed by atoms with Gasteiger partial charge in [0.15, 0.2) is 0 Å². The predicted octanol–water partition coefficient (Wildman–Crippen LogP) is 1.41. The van der Waals surface area contributed by atoms with Crippen LogP contribution < -0.4 is 0 Å². The van der Waals surface area contributed by atoms with Crippen LogP contribution in [-0.2, 0) is 0 Å². The molecule has 0 amide bonds. The average molecular weight is 169 g/mol. The molecule has 70 valence electrons. The van der Waals surface area contributed by atoms with Gasteiger partial charge in [-0.25, -0.2) is 0 Å². The first-order chi connectivity index (χ1) is 5.59. The minimum Gasteiger partial charge on any atom is -0.392 e. The lowest BCUT2D eigenvalue weighted by atomic mass is 10.2. The number of allylic oxidation sites excluding steroid dienone is 1. The second-order valence-electron chi connectivity index (χ2n) is 3.97. The van der Waals surface area contributed by atoms with Gasteiger partial charge in [0, 0.05) is 19.1 Å². The molecule has 12 heavy (non-hydrogen) atoms. The molecule has 2 atom stereocenters. The molecule has 2 heteroatoms. The lowest BCUT2D eigenvalue weighted by Gasteiger charge is -2.18. The molecule has 0 aromatic carbocycles. The third-order valence-electron chi connectivity index (χ3n) is 2.42. The number of rotatable bonds is 2. The van der Waals surface area contributed by atoms with Gasteiger partial charge < -0.3 is 5.11 Å². The van der Waals surface area contributed by atoms with Crippen molar-refractivity contribution in [1.29, 1.82) is 0 Å². The van der Waals surface area contributed by atoms with Crippen molar-refractivity contribution in [3.05, 3.63) is 11.6 Å². The Labute approximate surface area is 74.9 Å². The maximum Gasteiger partial charge on any atom is 0.0682 e. The van der Waals surface area contributed by atoms with E-state index < -0.39 is 0 Å². The normalized spacial score (nSPS) is 30.7. The van der Waals surface area contributed by atoms with Gasteiger partial charge in [-0.1, -0.05) is 11.6 Å². The number of hydrogen-bond acceptors (Lipinski definition) is 2. The lowest BCUT2D eigenvalue weighted by Crippen LogP contribution is -2.27. The minimum atomic E-state index is -0.106. The molecule has 1 heterocycles. The molecular weight excluding hydrogens is 150 g/mol. The van der Waals surface area contributed by atoms with Crippen molar-refractivity contribution in [2.24, 2.45) is 0 Å². The van der Waals surface area contributed by atoms with E-state index in [-0.39, 0.29) is 6.10 Å². The molecule has 0 saturated carbocycles. The summed E-state index contributed by atoms with van der Waals surface area (Å²) in [6.45, 7) is 8.22. The van der Waals surface area contributed by atoms with E-state index >= 15 is 0 Å². The fourth-order valence-corrected chi connectivity index (χ4v) is 1.62. The summed E-state index contributed by atoms with van der Waals surface area (Å²) in [5.74, 6) is 0. The van der Waals surface area contributed by atoms with Gasteiger partial charge in [0.05, 0.1) is 6.10 Å². The monoisotopic (exact) mass is 169 g/mol. The van der Waals surface area contributed by atoms with E-state index in [1.165, 1.54) is 5.57 Å². The first kappa shape index (κ1) is 9.75. The molecule has 2 unspecified atom stereocenters. The summed E-state index contributed by atoms with van der Waals surface area (Å²) in [5.41, 5.74) is 1.35. The molecule has 0 aromatic heterocycles. The van der Waals surface area contributed by atoms with Gasteiger partial charge in [0.25, 0.3) is 0 Å². The molecule has 0 bridgehead atoms. The first-order valence-electron chi connectivity index (χ1n) is 4.65. The third-order valence-corrected chi connectivity index (χ3v) is 2.42. The van der Waals surface area contributed by atoms with Crippen LogP contribution in [-0.4, -0.2) is 35.2 Å². The van der Waals surface area contributed by atoms with Gasteiger partial charge in [-0.15, -0.1) is 0 Å². The van der Waals surface area contributed by atoms with Crippen molar-refractivity contribution in [2.45, 2.75) is 39.3 Å². The van der Waals surface area contributed by atoms with Crippen molar-refractivity contribution in [1.82, 2.24) is 4.90 Å². The van der Waals surface area contributed by atoms with Gasteiger partial charge in [-0.2, -0.15) is 0 Å². The molecule has 1 N–H and O–H groups in total. The van der Waals surface area contributed by atoms with Gasteiger partial charge in [0.2, 0.25) is 0 Å². The predicted molar refractivity (Wildman–Crippen MR) is 51.1 cm³/mol. The zero-order valence-corrected chi connectivity index (χ0v) is 8.25. The van der Waals surface area contributed by atoms with E-state index in [0.29, 0.717) is 6.04 Å². The Kier molecular flexibility index (Phi) is 3.29. The molecule has 0 aromatic rings. The zero-order chi connectivity index (χ0) is 9.14. The lowest BCUT2D eigenvalue weighted by molar-refractivity contribution is 0.179. The van der Waals surface area contributed by atoms with Gasteiger partial charge >= 0.3 is 0 Å². The zero-order valence-electron chi connectivity index (χ0n) is 8.25. The van der Waals surface area contributed by atoms with Gasteiger partial charge in [-0.3, -0.25) is 4.90 Å². The van der Waals surface area contributed by atoms with E-state index in [4.69, 9.17) is 0 Å². The van der Waals surface area contributed by atoms with Crippen LogP contribution in [0.3, 0.4) is 0 Å². The molecule has 1 saturated heterocycles. The van der Waals surface area contributed by atoms with E-state index in [9.17, 15) is 5.11 Å². The van der Waals surface area contributed by atoms with E-state index in [2.05, 4.69) is 31.7 Å². The van der Waals surface area contributed by atoms with Crippen LogP contribution in [0.15, 0.2) is 11.6 Å². The second-order valence-corrected chi connectivity index (χ2v) is 3.97. The second kappa shape index (κ2) is 4.06. The molecule has 1 aliphatic rings. The molecule has 0 radical (unpaired) electrons. The molecular formula is C10H19NO. The highest BCUT2D eigenvalue weighted by Gasteiger charge is 2.25. The van der Waals surface area contributed by atoms with Crippen LogP contribution >= 0.6 is 0 Å². The molecule has 0 spiro atoms. The summed E-state index contributed by atoms with van der Waals surface area (Å²) < 4.78 is 0. The van der Waals surface area contributed by atoms with E-state index in [1.54, 1.807) is 0 Å². The maximum absolute atomic E-state index is 9.37. The largest absolute Gasteiger partial charge is 0.392 e. The number of nitrogens with zero attached hydrogens (tertiary/aromatic N) is 1. The summed E-state index contributed by atoms with van der Waals surface area (Å²) in [6, 6.07) is 0.538. The Balaban J connectivity index is 2.38. The van der Waals surface area contributed by atoms with Crippen LogP contribution in [0.1, 0.15) is 27.2 Å². The van der Waals surface area contributed by atoms with Crippen LogP contribution in [0.4, 0.5) is 0 Å². The summed E-state index contributed by atoms with van der Waals surface area (Å²) >= 11 is 0. The van der Waals surface area contributed by atoms with E-state index in [1.807, 2.05) is 0 Å². The summed E-state index contributed by atoms with van der Waals surface area (Å²) in [7, 11) is 0. The Bertz CT molecular complexity index is 173. The molecule has 2 nitrogen and oxygen atoms in total. The highest BCUT2D eigenvalue weighted by Crippen LogP contribution is 2.16. The third kappa shape index (κ3) is 2.61. The standard InChI is InChI=1S/C10H19NO/c1-8(2)4-5-11-7-10(12)6-9(11)3/h4,9-10,12H,5-7H2,1-3H3. The number of likely N-dealkylation sites (tertiary alicyclic amines) is 1. The highest BCUT2D eigenvalue weighted by atomic mass is 16.3. The molecule has 1 rings (SSSR count). The maximum atomic E-state index is 9.37. The Hall–Kier alpha value is -0.340. The fourth-order valence-electron chi connectivity index (χ4n) is 1.62. The van der Waals surface area contributed by atoms with Crippen LogP contribution in [0.2, 0.25) is 0 Å². The summed E-state index contributed by atoms with van der Waals surface area (Å²) in [6.07, 6.45) is 3.04. The van der Waals surface area contributed by atoms with Crippen molar-refractivity contribution >= 4 is 0 Å². The number of aliphatic hydroxyl groups excluding tert-OH is 1. The number of β-amino-alcohol motifs (C(OH)–C–C–N with tert-alkyl or cyclic N) is 1. The average Bonchev–Trinajstić information content (AvgIpc) is 2.26. The molecule has 1 aliphatic heterocycles.